The zero-order chi connectivity index (χ0) is 5.11. The maximum Gasteiger partial charge on any atom is 0.284 e. The van der Waals surface area contributed by atoms with Crippen molar-refractivity contribution < 1.29 is 9.47 Å². The minimum absolute atomic E-state index is 0.556. The first kappa shape index (κ1) is 4.24. The van der Waals surface area contributed by atoms with Crippen LogP contribution in [0.25, 0.3) is 0 Å². The van der Waals surface area contributed by atoms with E-state index in [0.717, 1.165) is 0 Å². The average Bonchev–Trinajstić information content (AvgIpc) is 2.14. The molecule has 1 rings (SSSR count). The Morgan fingerprint density at radius 3 is 2.29 bits per heavy atom. The predicted octanol–water partition coefficient (Wildman–Crippen LogP) is 1.37. The van der Waals surface area contributed by atoms with Crippen molar-refractivity contribution in [3.8, 4) is 0 Å². The van der Waals surface area contributed by atoms with E-state index in [1.807, 2.05) is 6.92 Å². The van der Waals surface area contributed by atoms with Gasteiger partial charge in [-0.05, 0) is 13.0 Å². The second-order valence-electron chi connectivity index (χ2n) is 1.12. The summed E-state index contributed by atoms with van der Waals surface area (Å²) >= 11 is 0. The van der Waals surface area contributed by atoms with Crippen LogP contribution >= 0.6 is 0 Å². The van der Waals surface area contributed by atoms with Crippen LogP contribution < -0.4 is 0 Å². The largest absolute Gasteiger partial charge is 0.431 e. The first-order valence-electron chi connectivity index (χ1n) is 2.08. The number of ether oxygens (including phenoxy) is 2. The van der Waals surface area contributed by atoms with E-state index in [1.54, 1.807) is 6.08 Å². The van der Waals surface area contributed by atoms with E-state index in [4.69, 9.17) is 9.47 Å². The molecule has 0 aromatic carbocycles. The van der Waals surface area contributed by atoms with Crippen LogP contribution in [-0.2, 0) is 9.47 Å². The Morgan fingerprint density at radius 2 is 2.00 bits per heavy atom. The highest BCUT2D eigenvalue weighted by Gasteiger charge is 1.96. The molecule has 0 fully saturated rings. The molecule has 2 nitrogen and oxygen atoms in total. The van der Waals surface area contributed by atoms with E-state index >= 15 is 0 Å². The molecule has 0 spiro atoms. The van der Waals surface area contributed by atoms with E-state index in [-0.39, 0.29) is 0 Å². The van der Waals surface area contributed by atoms with E-state index in [9.17, 15) is 0 Å². The number of hydrogen-bond acceptors (Lipinski definition) is 2. The SMILES string of the molecule is CC=C1OC=CO1. The normalized spacial score (nSPS) is 15.9. The summed E-state index contributed by atoms with van der Waals surface area (Å²) < 4.78 is 9.52. The van der Waals surface area contributed by atoms with Gasteiger partial charge in [-0.3, -0.25) is 0 Å². The molecule has 1 aliphatic heterocycles. The fourth-order valence-corrected chi connectivity index (χ4v) is 0.354. The molecule has 0 aromatic heterocycles. The third-order valence-corrected chi connectivity index (χ3v) is 0.660. The molecule has 38 valence electrons. The molecule has 0 unspecified atom stereocenters. The Kier molecular flexibility index (Phi) is 1.02. The molecule has 0 radical (unpaired) electrons. The Bertz CT molecular complexity index is 103. The van der Waals surface area contributed by atoms with E-state index in [1.165, 1.54) is 12.5 Å². The van der Waals surface area contributed by atoms with Gasteiger partial charge in [0.25, 0.3) is 5.95 Å². The molecule has 0 bridgehead atoms. The Morgan fingerprint density at radius 1 is 1.43 bits per heavy atom. The fraction of sp³-hybridized carbons (Fsp3) is 0.200. The molecular formula is C5H6O2. The molecule has 1 aliphatic rings. The van der Waals surface area contributed by atoms with Crippen LogP contribution in [0.3, 0.4) is 0 Å². The zero-order valence-corrected chi connectivity index (χ0v) is 4.05. The molecule has 2 heteroatoms. The molecule has 7 heavy (non-hydrogen) atoms. The van der Waals surface area contributed by atoms with Gasteiger partial charge in [0.05, 0.1) is 0 Å². The molecule has 0 saturated heterocycles. The van der Waals surface area contributed by atoms with Crippen molar-refractivity contribution >= 4 is 0 Å². The van der Waals surface area contributed by atoms with Crippen molar-refractivity contribution in [2.24, 2.45) is 0 Å². The minimum Gasteiger partial charge on any atom is -0.431 e. The van der Waals surface area contributed by atoms with Gasteiger partial charge in [0, 0.05) is 0 Å². The molecule has 0 aliphatic carbocycles. The molecule has 0 amide bonds. The first-order valence-corrected chi connectivity index (χ1v) is 2.08. The van der Waals surface area contributed by atoms with E-state index < -0.39 is 0 Å². The summed E-state index contributed by atoms with van der Waals surface area (Å²) in [4.78, 5) is 0. The van der Waals surface area contributed by atoms with Gasteiger partial charge < -0.3 is 9.47 Å². The van der Waals surface area contributed by atoms with Crippen LogP contribution in [0, 0.1) is 0 Å². The average molecular weight is 98.1 g/mol. The summed E-state index contributed by atoms with van der Waals surface area (Å²) in [6.07, 6.45) is 4.74. The quantitative estimate of drug-likeness (QED) is 0.455. The van der Waals surface area contributed by atoms with E-state index in [2.05, 4.69) is 0 Å². The smallest absolute Gasteiger partial charge is 0.284 e. The van der Waals surface area contributed by atoms with Gasteiger partial charge in [-0.25, -0.2) is 0 Å². The second-order valence-corrected chi connectivity index (χ2v) is 1.12. The van der Waals surface area contributed by atoms with Crippen molar-refractivity contribution in [3.63, 3.8) is 0 Å². The van der Waals surface area contributed by atoms with Crippen LogP contribution in [0.15, 0.2) is 24.5 Å². The molecular weight excluding hydrogens is 92.1 g/mol. The van der Waals surface area contributed by atoms with Crippen LogP contribution in [0.5, 0.6) is 0 Å². The highest BCUT2D eigenvalue weighted by molar-refractivity contribution is 4.90. The summed E-state index contributed by atoms with van der Waals surface area (Å²) in [5, 5.41) is 0. The maximum atomic E-state index is 4.76. The summed E-state index contributed by atoms with van der Waals surface area (Å²) in [5.41, 5.74) is 0. The Labute approximate surface area is 42.0 Å². The highest BCUT2D eigenvalue weighted by Crippen LogP contribution is 2.06. The number of hydrogen-bond donors (Lipinski definition) is 0. The molecule has 0 saturated carbocycles. The molecule has 0 atom stereocenters. The molecule has 1 heterocycles. The van der Waals surface area contributed by atoms with Crippen LogP contribution in [-0.4, -0.2) is 0 Å². The van der Waals surface area contributed by atoms with Gasteiger partial charge in [-0.15, -0.1) is 0 Å². The lowest BCUT2D eigenvalue weighted by Gasteiger charge is -1.90. The zero-order valence-electron chi connectivity index (χ0n) is 4.05. The number of allylic oxidation sites excluding steroid dienone is 1. The Balaban J connectivity index is 2.51. The maximum absolute atomic E-state index is 4.76. The predicted molar refractivity (Wildman–Crippen MR) is 25.1 cm³/mol. The third kappa shape index (κ3) is 0.738. The fourth-order valence-electron chi connectivity index (χ4n) is 0.354. The lowest BCUT2D eigenvalue weighted by Crippen LogP contribution is -1.75. The van der Waals surface area contributed by atoms with E-state index in [0.29, 0.717) is 5.95 Å². The molecule has 0 aromatic rings. The summed E-state index contributed by atoms with van der Waals surface area (Å²) in [6.45, 7) is 1.85. The topological polar surface area (TPSA) is 18.5 Å². The van der Waals surface area contributed by atoms with Crippen LogP contribution in [0.4, 0.5) is 0 Å². The van der Waals surface area contributed by atoms with Gasteiger partial charge in [0.2, 0.25) is 0 Å². The number of rotatable bonds is 0. The third-order valence-electron chi connectivity index (χ3n) is 0.660. The lowest BCUT2D eigenvalue weighted by atomic mass is 10.7. The molecule has 0 N–H and O–H groups in total. The summed E-state index contributed by atoms with van der Waals surface area (Å²) in [7, 11) is 0. The first-order chi connectivity index (χ1) is 3.43. The van der Waals surface area contributed by atoms with Crippen molar-refractivity contribution in [3.05, 3.63) is 24.5 Å². The van der Waals surface area contributed by atoms with Crippen molar-refractivity contribution in [1.82, 2.24) is 0 Å². The van der Waals surface area contributed by atoms with Crippen LogP contribution in [0.2, 0.25) is 0 Å². The standard InChI is InChI=1S/C5H6O2/c1-2-5-6-3-4-7-5/h2-4H,1H3. The summed E-state index contributed by atoms with van der Waals surface area (Å²) in [6, 6.07) is 0. The lowest BCUT2D eigenvalue weighted by molar-refractivity contribution is 0.200. The van der Waals surface area contributed by atoms with Gasteiger partial charge in [-0.2, -0.15) is 0 Å². The van der Waals surface area contributed by atoms with Crippen molar-refractivity contribution in [2.75, 3.05) is 0 Å². The Hall–Kier alpha value is -0.920. The minimum atomic E-state index is 0.556. The van der Waals surface area contributed by atoms with Gasteiger partial charge in [-0.1, -0.05) is 0 Å². The van der Waals surface area contributed by atoms with Crippen molar-refractivity contribution in [2.45, 2.75) is 6.92 Å². The second kappa shape index (κ2) is 1.69. The van der Waals surface area contributed by atoms with Crippen LogP contribution in [0.1, 0.15) is 6.92 Å². The monoisotopic (exact) mass is 98.0 g/mol. The van der Waals surface area contributed by atoms with Crippen molar-refractivity contribution in [1.29, 1.82) is 0 Å². The van der Waals surface area contributed by atoms with Gasteiger partial charge in [0.1, 0.15) is 12.5 Å². The highest BCUT2D eigenvalue weighted by atomic mass is 16.7. The summed E-state index contributed by atoms with van der Waals surface area (Å²) in [5.74, 6) is 0.556. The van der Waals surface area contributed by atoms with Gasteiger partial charge in [0.15, 0.2) is 0 Å². The van der Waals surface area contributed by atoms with Gasteiger partial charge >= 0.3 is 0 Å².